The number of carbonyl (C=O) groups excluding carboxylic acids is 2. The summed E-state index contributed by atoms with van der Waals surface area (Å²) in [5.74, 6) is -0.932. The van der Waals surface area contributed by atoms with Gasteiger partial charge in [-0.05, 0) is 92.6 Å². The third-order valence-corrected chi connectivity index (χ3v) is 10.5. The highest BCUT2D eigenvalue weighted by Gasteiger charge is 2.29. The third kappa shape index (κ3) is 8.26. The number of methoxy groups -OCH3 is 1. The van der Waals surface area contributed by atoms with Gasteiger partial charge in [0.05, 0.1) is 18.2 Å². The molecule has 5 rings (SSSR count). The molecule has 0 N–H and O–H groups in total. The van der Waals surface area contributed by atoms with E-state index in [1.54, 1.807) is 12.1 Å². The second-order valence-electron chi connectivity index (χ2n) is 15.5. The van der Waals surface area contributed by atoms with Crippen molar-refractivity contribution in [2.75, 3.05) is 25.2 Å². The smallest absolute Gasteiger partial charge is 0.356 e. The molecule has 0 atom stereocenters. The van der Waals surface area contributed by atoms with Crippen LogP contribution in [0.25, 0.3) is 22.0 Å². The molecule has 0 fully saturated rings. The van der Waals surface area contributed by atoms with E-state index < -0.39 is 32.0 Å². The number of pyridine rings is 1. The lowest BCUT2D eigenvalue weighted by molar-refractivity contribution is 0.00707. The number of rotatable bonds is 11. The Labute approximate surface area is 294 Å². The minimum absolute atomic E-state index is 0.0864. The Bertz CT molecular complexity index is 1870. The van der Waals surface area contributed by atoms with E-state index >= 15 is 0 Å². The van der Waals surface area contributed by atoms with Crippen LogP contribution in [-0.4, -0.2) is 55.4 Å². The number of alkyl halides is 2. The molecule has 0 bridgehead atoms. The monoisotopic (exact) mass is 705 g/mol. The molecule has 0 aliphatic carbocycles. The van der Waals surface area contributed by atoms with Crippen molar-refractivity contribution in [3.05, 3.63) is 76.7 Å². The summed E-state index contributed by atoms with van der Waals surface area (Å²) in [4.78, 5) is 31.8. The van der Waals surface area contributed by atoms with Crippen LogP contribution in [0.4, 0.5) is 20.2 Å². The zero-order valence-corrected chi connectivity index (χ0v) is 31.7. The summed E-state index contributed by atoms with van der Waals surface area (Å²) in [5, 5.41) is 0.740. The summed E-state index contributed by atoms with van der Waals surface area (Å²) < 4.78 is 48.3. The van der Waals surface area contributed by atoms with Crippen molar-refractivity contribution in [3.63, 3.8) is 0 Å². The number of benzene rings is 2. The van der Waals surface area contributed by atoms with E-state index in [1.807, 2.05) is 43.7 Å². The maximum absolute atomic E-state index is 14.7. The number of carbonyl (C=O) groups is 2. The highest BCUT2D eigenvalue weighted by atomic mass is 28.3. The van der Waals surface area contributed by atoms with E-state index in [0.29, 0.717) is 48.7 Å². The minimum Gasteiger partial charge on any atom is -0.464 e. The largest absolute Gasteiger partial charge is 0.464 e. The number of hydrogen-bond acceptors (Lipinski definition) is 7. The SMILES string of the molecule is COC(=O)c1ccc(-c2cc3c(cc2C(F)F)N(c2cc(C(C)C)c4c(c2)c(C(=O)OC(C)(C)C)cn4COCC[Si](C)(C)C)CCC3)cn1. The van der Waals surface area contributed by atoms with Crippen molar-refractivity contribution < 1.29 is 32.6 Å². The molecule has 0 radical (unpaired) electrons. The fourth-order valence-electron chi connectivity index (χ4n) is 6.32. The van der Waals surface area contributed by atoms with Crippen LogP contribution < -0.4 is 4.90 Å². The van der Waals surface area contributed by atoms with Gasteiger partial charge >= 0.3 is 11.9 Å². The van der Waals surface area contributed by atoms with E-state index in [2.05, 4.69) is 49.4 Å². The van der Waals surface area contributed by atoms with Crippen LogP contribution in [0.3, 0.4) is 0 Å². The topological polar surface area (TPSA) is 82.9 Å². The molecule has 0 spiro atoms. The van der Waals surface area contributed by atoms with Crippen LogP contribution in [0.2, 0.25) is 25.7 Å². The van der Waals surface area contributed by atoms with Crippen LogP contribution in [0.5, 0.6) is 0 Å². The number of fused-ring (bicyclic) bond motifs is 2. The van der Waals surface area contributed by atoms with Crippen LogP contribution in [0.15, 0.2) is 48.8 Å². The van der Waals surface area contributed by atoms with E-state index in [9.17, 15) is 18.4 Å². The van der Waals surface area contributed by atoms with Gasteiger partial charge in [-0.3, -0.25) is 0 Å². The van der Waals surface area contributed by atoms with Crippen LogP contribution in [0.1, 0.15) is 90.9 Å². The average molecular weight is 706 g/mol. The molecule has 0 saturated carbocycles. The Morgan fingerprint density at radius 3 is 2.36 bits per heavy atom. The van der Waals surface area contributed by atoms with Gasteiger partial charge in [0.2, 0.25) is 0 Å². The molecule has 1 aliphatic rings. The van der Waals surface area contributed by atoms with E-state index in [0.717, 1.165) is 40.2 Å². The van der Waals surface area contributed by atoms with Crippen LogP contribution in [-0.2, 0) is 27.4 Å². The molecule has 2 aromatic carbocycles. The summed E-state index contributed by atoms with van der Waals surface area (Å²) in [7, 11) is -0.0298. The van der Waals surface area contributed by atoms with Gasteiger partial charge in [-0.15, -0.1) is 0 Å². The van der Waals surface area contributed by atoms with Gasteiger partial charge in [0.15, 0.2) is 0 Å². The quantitative estimate of drug-likeness (QED) is 0.0873. The second-order valence-corrected chi connectivity index (χ2v) is 21.1. The lowest BCUT2D eigenvalue weighted by atomic mass is 9.91. The van der Waals surface area contributed by atoms with Gasteiger partial charge in [-0.1, -0.05) is 39.6 Å². The predicted molar refractivity (Wildman–Crippen MR) is 197 cm³/mol. The highest BCUT2D eigenvalue weighted by Crippen LogP contribution is 2.43. The summed E-state index contributed by atoms with van der Waals surface area (Å²) in [6.07, 6.45) is 2.03. The number of anilines is 2. The molecule has 8 nitrogen and oxygen atoms in total. The molecule has 3 heterocycles. The lowest BCUT2D eigenvalue weighted by Gasteiger charge is -2.33. The molecule has 0 amide bonds. The van der Waals surface area contributed by atoms with Crippen molar-refractivity contribution in [1.29, 1.82) is 0 Å². The van der Waals surface area contributed by atoms with E-state index in [4.69, 9.17) is 14.2 Å². The first-order valence-electron chi connectivity index (χ1n) is 17.2. The predicted octanol–water partition coefficient (Wildman–Crippen LogP) is 9.90. The first-order valence-corrected chi connectivity index (χ1v) is 20.9. The standard InChI is InChI=1S/C39H49F2N3O5Si/c1-24(2)28-18-27(19-30-32(37(45)49-39(3,4)5)22-43(35(28)30)23-48-15-16-50(7,8)9)44-14-10-11-25-17-29(31(36(40)41)20-34(25)44)26-12-13-33(42-21-26)38(46)47-6/h12-13,17-22,24,36H,10-11,14-16,23H2,1-9H3. The Kier molecular flexibility index (Phi) is 10.9. The van der Waals surface area contributed by atoms with Gasteiger partial charge in [0.1, 0.15) is 18.0 Å². The van der Waals surface area contributed by atoms with Crippen molar-refractivity contribution in [2.45, 2.75) is 97.8 Å². The van der Waals surface area contributed by atoms with Gasteiger partial charge < -0.3 is 23.7 Å². The molecule has 0 saturated heterocycles. The van der Waals surface area contributed by atoms with E-state index in [1.165, 1.54) is 19.4 Å². The molecular weight excluding hydrogens is 657 g/mol. The second kappa shape index (κ2) is 14.6. The Morgan fingerprint density at radius 1 is 1.02 bits per heavy atom. The molecule has 268 valence electrons. The number of aromatic nitrogens is 2. The Hall–Kier alpha value is -4.09. The van der Waals surface area contributed by atoms with Gasteiger partial charge in [-0.2, -0.15) is 0 Å². The molecule has 2 aromatic heterocycles. The normalized spacial score (nSPS) is 13.7. The summed E-state index contributed by atoms with van der Waals surface area (Å²) >= 11 is 0. The maximum Gasteiger partial charge on any atom is 0.356 e. The average Bonchev–Trinajstić information content (AvgIpc) is 3.42. The van der Waals surface area contributed by atoms with Crippen LogP contribution >= 0.6 is 0 Å². The number of aryl methyl sites for hydroxylation is 1. The highest BCUT2D eigenvalue weighted by molar-refractivity contribution is 6.76. The summed E-state index contributed by atoms with van der Waals surface area (Å²) in [5.41, 5.74) is 4.98. The van der Waals surface area contributed by atoms with Crippen molar-refractivity contribution >= 4 is 42.3 Å². The number of halogens is 2. The number of nitrogens with zero attached hydrogens (tertiary/aromatic N) is 3. The zero-order valence-electron chi connectivity index (χ0n) is 30.7. The molecule has 1 aliphatic heterocycles. The zero-order chi connectivity index (χ0) is 36.5. The van der Waals surface area contributed by atoms with Crippen molar-refractivity contribution in [1.82, 2.24) is 9.55 Å². The number of esters is 2. The first kappa shape index (κ1) is 37.2. The first-order chi connectivity index (χ1) is 23.5. The lowest BCUT2D eigenvalue weighted by Crippen LogP contribution is -2.25. The fourth-order valence-corrected chi connectivity index (χ4v) is 7.07. The van der Waals surface area contributed by atoms with Crippen molar-refractivity contribution in [3.8, 4) is 11.1 Å². The molecular formula is C39H49F2N3O5Si. The van der Waals surface area contributed by atoms with Gasteiger partial charge in [0.25, 0.3) is 6.43 Å². The van der Waals surface area contributed by atoms with Gasteiger partial charge in [-0.25, -0.2) is 23.4 Å². The summed E-state index contributed by atoms with van der Waals surface area (Å²) in [6.45, 7) is 18.2. The Morgan fingerprint density at radius 2 is 1.76 bits per heavy atom. The van der Waals surface area contributed by atoms with E-state index in [-0.39, 0.29) is 17.2 Å². The molecule has 50 heavy (non-hydrogen) atoms. The third-order valence-electron chi connectivity index (χ3n) is 8.84. The molecule has 11 heteroatoms. The summed E-state index contributed by atoms with van der Waals surface area (Å²) in [6, 6.07) is 11.6. The number of ether oxygens (including phenoxy) is 3. The van der Waals surface area contributed by atoms with Crippen LogP contribution in [0, 0.1) is 0 Å². The minimum atomic E-state index is -2.75. The molecule has 0 unspecified atom stereocenters. The molecule has 4 aromatic rings. The number of hydrogen-bond donors (Lipinski definition) is 0. The van der Waals surface area contributed by atoms with Gasteiger partial charge in [0, 0.05) is 61.5 Å². The van der Waals surface area contributed by atoms with Crippen molar-refractivity contribution in [2.24, 2.45) is 0 Å². The fraction of sp³-hybridized carbons (Fsp3) is 0.462. The maximum atomic E-state index is 14.7. The Balaban J connectivity index is 1.63.